The molecule has 0 amide bonds. The average molecular weight is 510 g/mol. The number of anilines is 1. The predicted octanol–water partition coefficient (Wildman–Crippen LogP) is 3.07. The topological polar surface area (TPSA) is 143 Å². The fraction of sp³-hybridized carbons (Fsp3) is 0.333. The van der Waals surface area contributed by atoms with E-state index in [9.17, 15) is 9.36 Å². The van der Waals surface area contributed by atoms with E-state index >= 15 is 0 Å². The van der Waals surface area contributed by atoms with Crippen molar-refractivity contribution in [3.63, 3.8) is 0 Å². The second-order valence-corrected chi connectivity index (χ2v) is 10.2. The number of aromatic nitrogens is 4. The molecule has 188 valence electrons. The van der Waals surface area contributed by atoms with Crippen molar-refractivity contribution in [1.29, 1.82) is 0 Å². The number of hydrogen-bond acceptors (Lipinski definition) is 9. The van der Waals surface area contributed by atoms with Gasteiger partial charge in [0.2, 0.25) is 0 Å². The summed E-state index contributed by atoms with van der Waals surface area (Å²) < 4.78 is 32.5. The minimum atomic E-state index is -3.77. The highest BCUT2D eigenvalue weighted by Gasteiger charge is 2.39. The summed E-state index contributed by atoms with van der Waals surface area (Å²) in [6.45, 7) is 3.42. The van der Waals surface area contributed by atoms with Gasteiger partial charge in [-0.25, -0.2) is 20.0 Å². The first-order valence-electron chi connectivity index (χ1n) is 11.3. The van der Waals surface area contributed by atoms with Crippen LogP contribution in [0.3, 0.4) is 0 Å². The molecule has 1 aromatic carbocycles. The van der Waals surface area contributed by atoms with Crippen LogP contribution in [0.25, 0.3) is 11.2 Å². The van der Waals surface area contributed by atoms with Crippen LogP contribution in [-0.2, 0) is 18.8 Å². The average Bonchev–Trinajstić information content (AvgIpc) is 3.49. The van der Waals surface area contributed by atoms with Gasteiger partial charge in [-0.05, 0) is 32.1 Å². The number of nitrogens with one attached hydrogen (secondary N) is 1. The molecule has 0 aliphatic heterocycles. The molecule has 0 spiro atoms. The van der Waals surface area contributed by atoms with Crippen molar-refractivity contribution in [2.45, 2.75) is 38.0 Å². The van der Waals surface area contributed by atoms with Gasteiger partial charge < -0.3 is 24.3 Å². The van der Waals surface area contributed by atoms with Crippen LogP contribution in [0.1, 0.15) is 26.3 Å². The number of benzene rings is 1. The van der Waals surface area contributed by atoms with Gasteiger partial charge in [-0.1, -0.05) is 30.2 Å². The Balaban J connectivity index is 1.52. The number of nitrogens with two attached hydrogens (primary N) is 1. The van der Waals surface area contributed by atoms with E-state index in [1.165, 1.54) is 6.33 Å². The summed E-state index contributed by atoms with van der Waals surface area (Å²) in [5.74, 6) is 2.74. The van der Waals surface area contributed by atoms with Gasteiger partial charge in [-0.3, -0.25) is 9.36 Å². The highest BCUT2D eigenvalue weighted by Crippen LogP contribution is 2.46. The molecular formula is C24H27N6O5P. The zero-order chi connectivity index (χ0) is 25.8. The molecule has 2 aromatic heterocycles. The summed E-state index contributed by atoms with van der Waals surface area (Å²) in [5.41, 5.74) is 5.78. The number of nitrogens with zero attached hydrogens (tertiary/aromatic N) is 4. The lowest BCUT2D eigenvalue weighted by Crippen LogP contribution is -2.37. The van der Waals surface area contributed by atoms with Crippen LogP contribution in [0.4, 0.5) is 5.82 Å². The zero-order valence-electron chi connectivity index (χ0n) is 19.9. The van der Waals surface area contributed by atoms with Gasteiger partial charge >= 0.3 is 13.5 Å². The van der Waals surface area contributed by atoms with Crippen LogP contribution >= 0.6 is 7.52 Å². The van der Waals surface area contributed by atoms with E-state index in [1.807, 2.05) is 10.6 Å². The third-order valence-electron chi connectivity index (χ3n) is 5.61. The van der Waals surface area contributed by atoms with Crippen molar-refractivity contribution >= 4 is 30.5 Å². The summed E-state index contributed by atoms with van der Waals surface area (Å²) >= 11 is 0. The van der Waals surface area contributed by atoms with E-state index in [0.29, 0.717) is 23.3 Å². The first-order chi connectivity index (χ1) is 17.3. The third kappa shape index (κ3) is 5.41. The maximum absolute atomic E-state index is 13.8. The molecule has 2 heterocycles. The highest BCUT2D eigenvalue weighted by atomic mass is 31.2. The van der Waals surface area contributed by atoms with Crippen LogP contribution in [-0.4, -0.2) is 50.1 Å². The Labute approximate surface area is 208 Å². The van der Waals surface area contributed by atoms with Crippen molar-refractivity contribution in [2.75, 3.05) is 18.7 Å². The number of imidazole rings is 1. The number of ether oxygens (including phenoxy) is 2. The van der Waals surface area contributed by atoms with Gasteiger partial charge in [-0.15, -0.1) is 6.42 Å². The van der Waals surface area contributed by atoms with Gasteiger partial charge in [-0.2, -0.15) is 0 Å². The Morgan fingerprint density at radius 1 is 1.36 bits per heavy atom. The normalized spacial score (nSPS) is 21.5. The molecule has 0 unspecified atom stereocenters. The van der Waals surface area contributed by atoms with E-state index in [1.54, 1.807) is 56.6 Å². The Morgan fingerprint density at radius 3 is 2.86 bits per heavy atom. The molecule has 1 aliphatic carbocycles. The Bertz CT molecular complexity index is 1350. The van der Waals surface area contributed by atoms with Gasteiger partial charge in [0.25, 0.3) is 0 Å². The maximum atomic E-state index is 13.8. The fourth-order valence-corrected chi connectivity index (χ4v) is 5.57. The minimum absolute atomic E-state index is 0.192. The first-order valence-corrected chi connectivity index (χ1v) is 13.1. The van der Waals surface area contributed by atoms with Gasteiger partial charge in [0.1, 0.15) is 29.2 Å². The standard InChI is InChI=1S/C24H27N6O5P/c1-4-24(12-11-18(13-24)30-15-28-20-21(25)26-14-27-22(20)30)34-16-36(32,29-17(3)23(31)33-5-2)35-19-9-7-6-8-10-19/h1,6-12,14-15,17-18H,5,13,16H2,2-3H3,(H,29,32)(H2,25,26,27)/t17-,18-,24+,36+/m0/s1. The number of nitrogen functional groups attached to an aromatic ring is 1. The molecule has 3 aromatic rings. The van der Waals surface area contributed by atoms with Crippen molar-refractivity contribution in [2.24, 2.45) is 0 Å². The molecule has 0 bridgehead atoms. The number of fused-ring (bicyclic) bond motifs is 1. The molecular weight excluding hydrogens is 483 g/mol. The summed E-state index contributed by atoms with van der Waals surface area (Å²) in [7, 11) is -3.77. The SMILES string of the molecule is C#C[C@@]1(OC[P@](=O)(N[C@@H](C)C(=O)OCC)Oc2ccccc2)C=C[C@H](n2cnc3c(N)ncnc32)C1. The molecule has 0 saturated carbocycles. The smallest absolute Gasteiger partial charge is 0.342 e. The molecule has 0 saturated heterocycles. The Hall–Kier alpha value is -3.71. The summed E-state index contributed by atoms with van der Waals surface area (Å²) in [6, 6.07) is 7.47. The monoisotopic (exact) mass is 510 g/mol. The number of carbonyl (C=O) groups excluding carboxylic acids is 1. The van der Waals surface area contributed by atoms with Crippen LogP contribution in [0, 0.1) is 12.3 Å². The molecule has 4 rings (SSSR count). The lowest BCUT2D eigenvalue weighted by atomic mass is 10.0. The lowest BCUT2D eigenvalue weighted by Gasteiger charge is -2.28. The Morgan fingerprint density at radius 2 is 2.14 bits per heavy atom. The van der Waals surface area contributed by atoms with Crippen LogP contribution in [0.15, 0.2) is 55.1 Å². The van der Waals surface area contributed by atoms with Gasteiger partial charge in [0.05, 0.1) is 19.0 Å². The lowest BCUT2D eigenvalue weighted by molar-refractivity contribution is -0.144. The van der Waals surface area contributed by atoms with E-state index in [-0.39, 0.29) is 18.5 Å². The zero-order valence-corrected chi connectivity index (χ0v) is 20.8. The van der Waals surface area contributed by atoms with Crippen molar-refractivity contribution in [1.82, 2.24) is 24.6 Å². The summed E-state index contributed by atoms with van der Waals surface area (Å²) in [4.78, 5) is 24.7. The van der Waals surface area contributed by atoms with Crippen molar-refractivity contribution in [3.8, 4) is 18.1 Å². The van der Waals surface area contributed by atoms with Crippen LogP contribution in [0.5, 0.6) is 5.75 Å². The minimum Gasteiger partial charge on any atom is -0.465 e. The number of hydrogen-bond donors (Lipinski definition) is 2. The van der Waals surface area contributed by atoms with Gasteiger partial charge in [0, 0.05) is 6.42 Å². The number of carbonyl (C=O) groups is 1. The number of esters is 1. The molecule has 11 nitrogen and oxygen atoms in total. The molecule has 0 fully saturated rings. The van der Waals surface area contributed by atoms with E-state index in [4.69, 9.17) is 26.2 Å². The predicted molar refractivity (Wildman–Crippen MR) is 134 cm³/mol. The van der Waals surface area contributed by atoms with E-state index < -0.39 is 31.5 Å². The largest absolute Gasteiger partial charge is 0.465 e. The summed E-state index contributed by atoms with van der Waals surface area (Å²) in [6.07, 6.45) is 12.4. The quantitative estimate of drug-likeness (QED) is 0.181. The van der Waals surface area contributed by atoms with E-state index in [2.05, 4.69) is 26.0 Å². The molecule has 12 heteroatoms. The molecule has 1 aliphatic rings. The van der Waals surface area contributed by atoms with Gasteiger partial charge in [0.15, 0.2) is 17.8 Å². The fourth-order valence-electron chi connectivity index (χ4n) is 3.83. The first kappa shape index (κ1) is 25.4. The van der Waals surface area contributed by atoms with Crippen LogP contribution < -0.4 is 15.3 Å². The molecule has 4 atom stereocenters. The van der Waals surface area contributed by atoms with Crippen molar-refractivity contribution < 1.29 is 23.4 Å². The Kier molecular flexibility index (Phi) is 7.40. The summed E-state index contributed by atoms with van der Waals surface area (Å²) in [5, 5.41) is 2.76. The highest BCUT2D eigenvalue weighted by molar-refractivity contribution is 7.57. The second kappa shape index (κ2) is 10.5. The molecule has 36 heavy (non-hydrogen) atoms. The van der Waals surface area contributed by atoms with Crippen LogP contribution in [0.2, 0.25) is 0 Å². The number of allylic oxidation sites excluding steroid dienone is 1. The number of rotatable bonds is 10. The van der Waals surface area contributed by atoms with Crippen molar-refractivity contribution in [3.05, 3.63) is 55.1 Å². The number of para-hydroxylation sites is 1. The maximum Gasteiger partial charge on any atom is 0.342 e. The third-order valence-corrected chi connectivity index (χ3v) is 7.36. The molecule has 0 radical (unpaired) electrons. The van der Waals surface area contributed by atoms with E-state index in [0.717, 1.165) is 0 Å². The second-order valence-electron chi connectivity index (χ2n) is 8.20. The molecule has 3 N–H and O–H groups in total. The number of terminal acetylenes is 1.